The highest BCUT2D eigenvalue weighted by Crippen LogP contribution is 2.31. The van der Waals surface area contributed by atoms with Crippen LogP contribution in [0.1, 0.15) is 28.7 Å². The second-order valence-corrected chi connectivity index (χ2v) is 10.1. The summed E-state index contributed by atoms with van der Waals surface area (Å²) in [6.45, 7) is 0.904. The molecule has 3 aromatic carbocycles. The molecular formula is C27H24F3NO4S. The van der Waals surface area contributed by atoms with E-state index in [1.807, 2.05) is 6.08 Å². The fraction of sp³-hybridized carbons (Fsp3) is 0.222. The van der Waals surface area contributed by atoms with Gasteiger partial charge in [-0.15, -0.1) is 0 Å². The van der Waals surface area contributed by atoms with Gasteiger partial charge in [-0.3, -0.25) is 9.52 Å². The van der Waals surface area contributed by atoms with Gasteiger partial charge in [0.25, 0.3) is 10.0 Å². The van der Waals surface area contributed by atoms with Crippen LogP contribution in [0.25, 0.3) is 5.57 Å². The van der Waals surface area contributed by atoms with Gasteiger partial charge in [0, 0.05) is 18.5 Å². The smallest absolute Gasteiger partial charge is 0.377 e. The molecule has 1 heterocycles. The van der Waals surface area contributed by atoms with Gasteiger partial charge in [-0.2, -0.15) is 13.2 Å². The first-order valence-electron chi connectivity index (χ1n) is 11.3. The quantitative estimate of drug-likeness (QED) is 0.420. The molecule has 0 amide bonds. The molecule has 0 radical (unpaired) electrons. The maximum absolute atomic E-state index is 13.1. The second kappa shape index (κ2) is 10.7. The van der Waals surface area contributed by atoms with E-state index in [9.17, 15) is 26.4 Å². The number of alkyl halides is 3. The molecule has 5 nitrogen and oxygen atoms in total. The van der Waals surface area contributed by atoms with E-state index >= 15 is 0 Å². The first kappa shape index (κ1) is 25.7. The summed E-state index contributed by atoms with van der Waals surface area (Å²) in [7, 11) is -3.93. The van der Waals surface area contributed by atoms with Gasteiger partial charge in [-0.25, -0.2) is 8.42 Å². The number of benzene rings is 3. The second-order valence-electron chi connectivity index (χ2n) is 8.44. The molecule has 36 heavy (non-hydrogen) atoms. The highest BCUT2D eigenvalue weighted by atomic mass is 32.2. The summed E-state index contributed by atoms with van der Waals surface area (Å²) < 4.78 is 73.1. The fourth-order valence-electron chi connectivity index (χ4n) is 4.05. The molecule has 0 fully saturated rings. The summed E-state index contributed by atoms with van der Waals surface area (Å²) in [6, 6.07) is 17.7. The number of ether oxygens (including phenoxy) is 1. The Kier molecular flexibility index (Phi) is 7.61. The number of anilines is 1. The molecule has 0 aromatic heterocycles. The molecule has 0 spiro atoms. The number of sulfonamides is 1. The van der Waals surface area contributed by atoms with Gasteiger partial charge in [0.05, 0.1) is 23.7 Å². The predicted molar refractivity (Wildman–Crippen MR) is 131 cm³/mol. The number of para-hydroxylation sites is 1. The van der Waals surface area contributed by atoms with Crippen LogP contribution in [0.5, 0.6) is 0 Å². The standard InChI is InChI=1S/C27H24F3NO4S/c28-27(29,30)22-6-4-5-19(15-22)16-24(32)17-21-18-25(9-10-26(21)20-11-13-35-14-12-20)36(33,34)31-23-7-2-1-3-8-23/h1-11,15,18,31H,12-14,16-17H2. The minimum absolute atomic E-state index is 0.00960. The minimum atomic E-state index is -4.50. The molecular weight excluding hydrogens is 491 g/mol. The molecule has 1 aliphatic heterocycles. The van der Waals surface area contributed by atoms with Crippen molar-refractivity contribution in [3.63, 3.8) is 0 Å². The molecule has 1 aliphatic rings. The van der Waals surface area contributed by atoms with Gasteiger partial charge in [0.15, 0.2) is 0 Å². The number of hydrogen-bond donors (Lipinski definition) is 1. The molecule has 0 saturated heterocycles. The van der Waals surface area contributed by atoms with Crippen LogP contribution in [0.2, 0.25) is 0 Å². The molecule has 0 saturated carbocycles. The van der Waals surface area contributed by atoms with Crippen molar-refractivity contribution in [3.05, 3.63) is 101 Å². The van der Waals surface area contributed by atoms with Gasteiger partial charge < -0.3 is 4.74 Å². The van der Waals surface area contributed by atoms with Crippen LogP contribution in [0, 0.1) is 0 Å². The Bertz CT molecular complexity index is 1380. The first-order chi connectivity index (χ1) is 17.1. The van der Waals surface area contributed by atoms with Crippen molar-refractivity contribution < 1.29 is 31.1 Å². The Morgan fingerprint density at radius 3 is 2.42 bits per heavy atom. The van der Waals surface area contributed by atoms with Crippen molar-refractivity contribution in [2.75, 3.05) is 17.9 Å². The van der Waals surface area contributed by atoms with E-state index in [0.717, 1.165) is 23.3 Å². The number of ketones is 1. The number of nitrogens with one attached hydrogen (secondary N) is 1. The minimum Gasteiger partial charge on any atom is -0.377 e. The van der Waals surface area contributed by atoms with Crippen LogP contribution in [-0.4, -0.2) is 27.4 Å². The summed E-state index contributed by atoms with van der Waals surface area (Å²) >= 11 is 0. The summed E-state index contributed by atoms with van der Waals surface area (Å²) in [5.74, 6) is -0.325. The lowest BCUT2D eigenvalue weighted by molar-refractivity contribution is -0.137. The van der Waals surface area contributed by atoms with Crippen LogP contribution in [0.4, 0.5) is 18.9 Å². The molecule has 4 rings (SSSR count). The molecule has 0 unspecified atom stereocenters. The van der Waals surface area contributed by atoms with Gasteiger partial charge in [-0.1, -0.05) is 48.5 Å². The van der Waals surface area contributed by atoms with E-state index in [1.54, 1.807) is 36.4 Å². The lowest BCUT2D eigenvalue weighted by Gasteiger charge is -2.18. The zero-order valence-electron chi connectivity index (χ0n) is 19.2. The van der Waals surface area contributed by atoms with Crippen LogP contribution >= 0.6 is 0 Å². The normalized spacial score (nSPS) is 14.2. The monoisotopic (exact) mass is 515 g/mol. The summed E-state index contributed by atoms with van der Waals surface area (Å²) in [4.78, 5) is 12.9. The Hall–Kier alpha value is -3.43. The Balaban J connectivity index is 1.63. The molecule has 9 heteroatoms. The third-order valence-corrected chi connectivity index (χ3v) is 7.14. The van der Waals surface area contributed by atoms with Crippen molar-refractivity contribution in [2.45, 2.75) is 30.3 Å². The van der Waals surface area contributed by atoms with E-state index in [2.05, 4.69) is 4.72 Å². The number of carbonyl (C=O) groups is 1. The Morgan fingerprint density at radius 1 is 0.944 bits per heavy atom. The summed E-state index contributed by atoms with van der Waals surface area (Å²) in [5, 5.41) is 0. The number of Topliss-reactive ketones (excluding diaryl/α,β-unsaturated/α-hetero) is 1. The van der Waals surface area contributed by atoms with Crippen LogP contribution in [-0.2, 0) is 38.6 Å². The van der Waals surface area contributed by atoms with Crippen molar-refractivity contribution in [1.29, 1.82) is 0 Å². The van der Waals surface area contributed by atoms with Crippen LogP contribution < -0.4 is 4.72 Å². The molecule has 3 aromatic rings. The molecule has 188 valence electrons. The maximum atomic E-state index is 13.1. The number of hydrogen-bond acceptors (Lipinski definition) is 4. The van der Waals surface area contributed by atoms with Crippen molar-refractivity contribution >= 4 is 27.1 Å². The van der Waals surface area contributed by atoms with E-state index in [1.165, 1.54) is 24.3 Å². The largest absolute Gasteiger partial charge is 0.416 e. The van der Waals surface area contributed by atoms with Gasteiger partial charge in [0.2, 0.25) is 0 Å². The van der Waals surface area contributed by atoms with E-state index in [4.69, 9.17) is 4.74 Å². The summed E-state index contributed by atoms with van der Waals surface area (Å²) in [6.07, 6.45) is -2.35. The maximum Gasteiger partial charge on any atom is 0.416 e. The van der Waals surface area contributed by atoms with Gasteiger partial charge >= 0.3 is 6.18 Å². The molecule has 0 aliphatic carbocycles. The van der Waals surface area contributed by atoms with Crippen molar-refractivity contribution in [2.24, 2.45) is 0 Å². The predicted octanol–water partition coefficient (Wildman–Crippen LogP) is 5.66. The SMILES string of the molecule is O=C(Cc1cccc(C(F)(F)F)c1)Cc1cc(S(=O)(=O)Nc2ccccc2)ccc1C1=CCOCC1. The lowest BCUT2D eigenvalue weighted by Crippen LogP contribution is -2.15. The fourth-order valence-corrected chi connectivity index (χ4v) is 5.16. The average Bonchev–Trinajstić information content (AvgIpc) is 2.84. The molecule has 0 atom stereocenters. The number of rotatable bonds is 8. The topological polar surface area (TPSA) is 72.5 Å². The van der Waals surface area contributed by atoms with Crippen LogP contribution in [0.15, 0.2) is 83.8 Å². The third kappa shape index (κ3) is 6.41. The van der Waals surface area contributed by atoms with Crippen LogP contribution in [0.3, 0.4) is 0 Å². The number of carbonyl (C=O) groups excluding carboxylic acids is 1. The van der Waals surface area contributed by atoms with Gasteiger partial charge in [-0.05, 0) is 59.0 Å². The summed E-state index contributed by atoms with van der Waals surface area (Å²) in [5.41, 5.74) is 1.99. The van der Waals surface area contributed by atoms with Gasteiger partial charge in [0.1, 0.15) is 5.78 Å². The van der Waals surface area contributed by atoms with Crippen molar-refractivity contribution in [3.8, 4) is 0 Å². The molecule has 0 bridgehead atoms. The van der Waals surface area contributed by atoms with E-state index < -0.39 is 21.8 Å². The Labute approximate surface area is 207 Å². The zero-order chi connectivity index (χ0) is 25.8. The average molecular weight is 516 g/mol. The van der Waals surface area contributed by atoms with E-state index in [0.29, 0.717) is 30.9 Å². The lowest BCUT2D eigenvalue weighted by atomic mass is 9.92. The Morgan fingerprint density at radius 2 is 1.72 bits per heavy atom. The third-order valence-electron chi connectivity index (χ3n) is 5.77. The first-order valence-corrected chi connectivity index (χ1v) is 12.8. The van der Waals surface area contributed by atoms with E-state index in [-0.39, 0.29) is 29.1 Å². The zero-order valence-corrected chi connectivity index (χ0v) is 20.0. The highest BCUT2D eigenvalue weighted by Gasteiger charge is 2.30. The highest BCUT2D eigenvalue weighted by molar-refractivity contribution is 7.92. The molecule has 1 N–H and O–H groups in total. The number of halogens is 3. The van der Waals surface area contributed by atoms with Crippen molar-refractivity contribution in [1.82, 2.24) is 0 Å².